The minimum absolute atomic E-state index is 0.0192. The second-order valence-electron chi connectivity index (χ2n) is 7.81. The van der Waals surface area contributed by atoms with Gasteiger partial charge < -0.3 is 9.64 Å². The Morgan fingerprint density at radius 3 is 2.48 bits per heavy atom. The number of ether oxygens (including phenoxy) is 1. The number of hydrogen-bond acceptors (Lipinski definition) is 5. The lowest BCUT2D eigenvalue weighted by atomic mass is 9.99. The van der Waals surface area contributed by atoms with Gasteiger partial charge in [0, 0.05) is 39.3 Å². The van der Waals surface area contributed by atoms with Crippen molar-refractivity contribution in [3.05, 3.63) is 59.4 Å². The predicted octanol–water partition coefficient (Wildman–Crippen LogP) is 1.73. The Hall–Kier alpha value is -2.49. The zero-order chi connectivity index (χ0) is 22.0. The van der Waals surface area contributed by atoms with Gasteiger partial charge in [0.25, 0.3) is 0 Å². The summed E-state index contributed by atoms with van der Waals surface area (Å²) in [6.45, 7) is 2.67. The molecule has 2 aliphatic rings. The van der Waals surface area contributed by atoms with E-state index >= 15 is 0 Å². The molecule has 7 nitrogen and oxygen atoms in total. The number of sulfonamides is 1. The number of fused-ring (bicyclic) bond motifs is 1. The summed E-state index contributed by atoms with van der Waals surface area (Å²) in [5.41, 5.74) is 2.44. The predicted molar refractivity (Wildman–Crippen MR) is 114 cm³/mol. The molecule has 0 N–H and O–H groups in total. The first-order chi connectivity index (χ1) is 14.9. The molecular weight excluding hydrogens is 421 g/mol. The molecule has 166 valence electrons. The van der Waals surface area contributed by atoms with Gasteiger partial charge in [-0.25, -0.2) is 12.8 Å². The van der Waals surface area contributed by atoms with Crippen molar-refractivity contribution in [2.75, 3.05) is 46.4 Å². The Morgan fingerprint density at radius 2 is 1.77 bits per heavy atom. The fourth-order valence-corrected chi connectivity index (χ4v) is 5.60. The van der Waals surface area contributed by atoms with Crippen LogP contribution >= 0.6 is 0 Å². The number of carbonyl (C=O) groups excluding carboxylic acids is 1. The summed E-state index contributed by atoms with van der Waals surface area (Å²) < 4.78 is 46.0. The molecule has 31 heavy (non-hydrogen) atoms. The highest BCUT2D eigenvalue weighted by molar-refractivity contribution is 7.89. The molecule has 0 saturated carbocycles. The normalized spacial score (nSPS) is 17.9. The quantitative estimate of drug-likeness (QED) is 0.698. The summed E-state index contributed by atoms with van der Waals surface area (Å²) in [5, 5.41) is 0. The Labute approximate surface area is 182 Å². The number of halogens is 1. The molecule has 9 heteroatoms. The molecule has 2 aliphatic heterocycles. The smallest absolute Gasteiger partial charge is 0.246 e. The molecule has 1 amide bonds. The lowest BCUT2D eigenvalue weighted by Crippen LogP contribution is -2.52. The number of hydrogen-bond donors (Lipinski definition) is 0. The molecule has 0 aromatic heterocycles. The molecule has 0 aliphatic carbocycles. The standard InChI is InChI=1S/C22H26FN3O4S/c1-30-19-7-6-17-8-9-24(15-18(17)14-19)16-22(27)25-10-12-26(13-11-25)31(28,29)21-5-3-2-4-20(21)23/h2-7,14H,8-13,15-16H2,1H3. The van der Waals surface area contributed by atoms with E-state index in [2.05, 4.69) is 11.0 Å². The van der Waals surface area contributed by atoms with Crippen LogP contribution < -0.4 is 4.74 Å². The van der Waals surface area contributed by atoms with E-state index in [-0.39, 0.29) is 30.4 Å². The summed E-state index contributed by atoms with van der Waals surface area (Å²) >= 11 is 0. The van der Waals surface area contributed by atoms with Crippen LogP contribution in [0.25, 0.3) is 0 Å². The van der Waals surface area contributed by atoms with Crippen LogP contribution in [0.2, 0.25) is 0 Å². The van der Waals surface area contributed by atoms with Gasteiger partial charge in [-0.3, -0.25) is 9.69 Å². The highest BCUT2D eigenvalue weighted by atomic mass is 32.2. The Balaban J connectivity index is 1.34. The van der Waals surface area contributed by atoms with E-state index in [0.717, 1.165) is 24.8 Å². The first-order valence-electron chi connectivity index (χ1n) is 10.3. The summed E-state index contributed by atoms with van der Waals surface area (Å²) in [6, 6.07) is 11.4. The van der Waals surface area contributed by atoms with Gasteiger partial charge in [-0.15, -0.1) is 0 Å². The lowest BCUT2D eigenvalue weighted by molar-refractivity contribution is -0.133. The minimum Gasteiger partial charge on any atom is -0.497 e. The van der Waals surface area contributed by atoms with E-state index in [1.165, 1.54) is 33.6 Å². The van der Waals surface area contributed by atoms with Gasteiger partial charge in [0.15, 0.2) is 0 Å². The second-order valence-corrected chi connectivity index (χ2v) is 9.72. The number of methoxy groups -OCH3 is 1. The Bertz CT molecular complexity index is 1070. The van der Waals surface area contributed by atoms with Crippen LogP contribution in [0, 0.1) is 5.82 Å². The van der Waals surface area contributed by atoms with Crippen molar-refractivity contribution >= 4 is 15.9 Å². The molecule has 1 saturated heterocycles. The van der Waals surface area contributed by atoms with Crippen LogP contribution in [-0.2, 0) is 27.8 Å². The maximum atomic E-state index is 14.0. The van der Waals surface area contributed by atoms with E-state index < -0.39 is 15.8 Å². The number of amides is 1. The monoisotopic (exact) mass is 447 g/mol. The summed E-state index contributed by atoms with van der Waals surface area (Å²) in [7, 11) is -2.27. The zero-order valence-electron chi connectivity index (χ0n) is 17.5. The molecule has 2 heterocycles. The van der Waals surface area contributed by atoms with Crippen LogP contribution in [-0.4, -0.2) is 74.8 Å². The maximum Gasteiger partial charge on any atom is 0.246 e. The highest BCUT2D eigenvalue weighted by Crippen LogP contribution is 2.24. The molecule has 0 atom stereocenters. The third-order valence-corrected chi connectivity index (χ3v) is 7.84. The SMILES string of the molecule is COc1ccc2c(c1)CN(CC(=O)N1CCN(S(=O)(=O)c3ccccc3F)CC1)CC2. The largest absolute Gasteiger partial charge is 0.497 e. The fourth-order valence-electron chi connectivity index (χ4n) is 4.12. The van der Waals surface area contributed by atoms with Crippen molar-refractivity contribution in [2.45, 2.75) is 17.9 Å². The van der Waals surface area contributed by atoms with E-state index in [1.807, 2.05) is 12.1 Å². The minimum atomic E-state index is -3.91. The van der Waals surface area contributed by atoms with Crippen molar-refractivity contribution < 1.29 is 22.3 Å². The van der Waals surface area contributed by atoms with Gasteiger partial charge in [-0.05, 0) is 41.8 Å². The maximum absolute atomic E-state index is 14.0. The van der Waals surface area contributed by atoms with Gasteiger partial charge in [0.05, 0.1) is 13.7 Å². The summed E-state index contributed by atoms with van der Waals surface area (Å²) in [6.07, 6.45) is 0.876. The molecule has 0 bridgehead atoms. The number of benzene rings is 2. The van der Waals surface area contributed by atoms with Crippen molar-refractivity contribution in [1.82, 2.24) is 14.1 Å². The van der Waals surface area contributed by atoms with E-state index in [1.54, 1.807) is 12.0 Å². The third-order valence-electron chi connectivity index (χ3n) is 5.91. The molecule has 0 radical (unpaired) electrons. The van der Waals surface area contributed by atoms with Crippen LogP contribution in [0.15, 0.2) is 47.4 Å². The van der Waals surface area contributed by atoms with Gasteiger partial charge in [0.1, 0.15) is 16.5 Å². The Kier molecular flexibility index (Phi) is 6.27. The summed E-state index contributed by atoms with van der Waals surface area (Å²) in [5.74, 6) is 0.0245. The molecule has 4 rings (SSSR count). The Morgan fingerprint density at radius 1 is 1.03 bits per heavy atom. The topological polar surface area (TPSA) is 70.2 Å². The van der Waals surface area contributed by atoms with Crippen LogP contribution in [0.4, 0.5) is 4.39 Å². The van der Waals surface area contributed by atoms with Crippen LogP contribution in [0.5, 0.6) is 5.75 Å². The average molecular weight is 448 g/mol. The first kappa shape index (κ1) is 21.7. The molecule has 2 aromatic rings. The van der Waals surface area contributed by atoms with Crippen molar-refractivity contribution in [2.24, 2.45) is 0 Å². The number of nitrogens with zero attached hydrogens (tertiary/aromatic N) is 3. The van der Waals surface area contributed by atoms with Gasteiger partial charge in [-0.1, -0.05) is 18.2 Å². The van der Waals surface area contributed by atoms with Gasteiger partial charge in [-0.2, -0.15) is 4.31 Å². The number of piperazine rings is 1. The van der Waals surface area contributed by atoms with Crippen molar-refractivity contribution in [3.63, 3.8) is 0 Å². The molecule has 2 aromatic carbocycles. The molecule has 1 fully saturated rings. The van der Waals surface area contributed by atoms with E-state index in [9.17, 15) is 17.6 Å². The lowest BCUT2D eigenvalue weighted by Gasteiger charge is -2.36. The number of carbonyl (C=O) groups is 1. The van der Waals surface area contributed by atoms with Gasteiger partial charge in [0.2, 0.25) is 15.9 Å². The van der Waals surface area contributed by atoms with E-state index in [0.29, 0.717) is 19.6 Å². The molecule has 0 unspecified atom stereocenters. The number of rotatable bonds is 5. The molecule has 0 spiro atoms. The average Bonchev–Trinajstić information content (AvgIpc) is 2.78. The first-order valence-corrected chi connectivity index (χ1v) is 11.7. The van der Waals surface area contributed by atoms with Crippen molar-refractivity contribution in [3.8, 4) is 5.75 Å². The highest BCUT2D eigenvalue weighted by Gasteiger charge is 2.32. The van der Waals surface area contributed by atoms with Crippen molar-refractivity contribution in [1.29, 1.82) is 0 Å². The van der Waals surface area contributed by atoms with Crippen LogP contribution in [0.1, 0.15) is 11.1 Å². The summed E-state index contributed by atoms with van der Waals surface area (Å²) in [4.78, 5) is 16.3. The van der Waals surface area contributed by atoms with Crippen LogP contribution in [0.3, 0.4) is 0 Å². The van der Waals surface area contributed by atoms with E-state index in [4.69, 9.17) is 4.74 Å². The molecular formula is C22H26FN3O4S. The second kappa shape index (κ2) is 8.94. The third kappa shape index (κ3) is 4.58. The van der Waals surface area contributed by atoms with Gasteiger partial charge >= 0.3 is 0 Å². The fraction of sp³-hybridized carbons (Fsp3) is 0.409. The zero-order valence-corrected chi connectivity index (χ0v) is 18.3.